The van der Waals surface area contributed by atoms with Gasteiger partial charge in [0.05, 0.1) is 13.1 Å². The van der Waals surface area contributed by atoms with Crippen LogP contribution in [0.1, 0.15) is 24.7 Å². The van der Waals surface area contributed by atoms with E-state index < -0.39 is 0 Å². The number of carbonyl (C=O) groups excluding carboxylic acids is 1. The molecule has 0 N–H and O–H groups in total. The Morgan fingerprint density at radius 3 is 2.96 bits per heavy atom. The number of hydrogen-bond donors (Lipinski definition) is 0. The summed E-state index contributed by atoms with van der Waals surface area (Å²) in [6.45, 7) is 5.89. The Kier molecular flexibility index (Phi) is 5.71. The lowest BCUT2D eigenvalue weighted by Gasteiger charge is -2.26. The van der Waals surface area contributed by atoms with Crippen LogP contribution < -0.4 is 4.74 Å². The van der Waals surface area contributed by atoms with E-state index in [9.17, 15) is 4.79 Å². The number of aryl methyl sites for hydroxylation is 1. The second-order valence-electron chi connectivity index (χ2n) is 6.44. The Balaban J connectivity index is 1.65. The first-order valence-corrected chi connectivity index (χ1v) is 8.84. The fourth-order valence-electron chi connectivity index (χ4n) is 3.09. The Morgan fingerprint density at radius 2 is 2.20 bits per heavy atom. The van der Waals surface area contributed by atoms with Crippen molar-refractivity contribution in [1.82, 2.24) is 19.4 Å². The molecular formula is C19H26N4O2. The zero-order valence-electron chi connectivity index (χ0n) is 15.0. The highest BCUT2D eigenvalue weighted by atomic mass is 16.5. The van der Waals surface area contributed by atoms with Crippen LogP contribution in [0.15, 0.2) is 36.7 Å². The molecule has 1 aliphatic heterocycles. The first-order chi connectivity index (χ1) is 12.2. The summed E-state index contributed by atoms with van der Waals surface area (Å²) in [4.78, 5) is 21.3. The van der Waals surface area contributed by atoms with E-state index in [1.807, 2.05) is 40.9 Å². The van der Waals surface area contributed by atoms with Gasteiger partial charge >= 0.3 is 0 Å². The molecule has 134 valence electrons. The maximum absolute atomic E-state index is 12.9. The fraction of sp³-hybridized carbons (Fsp3) is 0.474. The molecule has 2 aromatic rings. The molecule has 3 rings (SSSR count). The lowest BCUT2D eigenvalue weighted by molar-refractivity contribution is -0.133. The Morgan fingerprint density at radius 1 is 1.36 bits per heavy atom. The SMILES string of the molecule is CCCN(Cc1nccn1C)C(=O)CN1CCOc2ccccc2C1. The third-order valence-electron chi connectivity index (χ3n) is 4.49. The topological polar surface area (TPSA) is 50.6 Å². The minimum Gasteiger partial charge on any atom is -0.492 e. The maximum atomic E-state index is 12.9. The molecule has 6 heteroatoms. The van der Waals surface area contributed by atoms with Crippen LogP contribution in [0.5, 0.6) is 5.75 Å². The Labute approximate surface area is 149 Å². The number of carbonyl (C=O) groups is 1. The second kappa shape index (κ2) is 8.16. The lowest BCUT2D eigenvalue weighted by atomic mass is 10.2. The molecule has 0 fully saturated rings. The number of fused-ring (bicyclic) bond motifs is 1. The molecule has 0 aliphatic carbocycles. The lowest BCUT2D eigenvalue weighted by Crippen LogP contribution is -2.41. The highest BCUT2D eigenvalue weighted by molar-refractivity contribution is 5.78. The smallest absolute Gasteiger partial charge is 0.237 e. The second-order valence-corrected chi connectivity index (χ2v) is 6.44. The zero-order valence-corrected chi connectivity index (χ0v) is 15.0. The number of aromatic nitrogens is 2. The molecular weight excluding hydrogens is 316 g/mol. The highest BCUT2D eigenvalue weighted by Gasteiger charge is 2.21. The van der Waals surface area contributed by atoms with E-state index >= 15 is 0 Å². The average molecular weight is 342 g/mol. The van der Waals surface area contributed by atoms with Gasteiger partial charge in [-0.15, -0.1) is 0 Å². The van der Waals surface area contributed by atoms with Crippen molar-refractivity contribution in [3.8, 4) is 5.75 Å². The van der Waals surface area contributed by atoms with Gasteiger partial charge in [-0.05, 0) is 12.5 Å². The molecule has 1 aromatic carbocycles. The minimum absolute atomic E-state index is 0.143. The van der Waals surface area contributed by atoms with Gasteiger partial charge in [0.25, 0.3) is 0 Å². The van der Waals surface area contributed by atoms with Crippen molar-refractivity contribution in [2.24, 2.45) is 7.05 Å². The largest absolute Gasteiger partial charge is 0.492 e. The van der Waals surface area contributed by atoms with Crippen molar-refractivity contribution < 1.29 is 9.53 Å². The zero-order chi connectivity index (χ0) is 17.6. The van der Waals surface area contributed by atoms with Crippen LogP contribution in [0.25, 0.3) is 0 Å². The van der Waals surface area contributed by atoms with Crippen LogP contribution in [-0.2, 0) is 24.9 Å². The number of ether oxygens (including phenoxy) is 1. The molecule has 0 atom stereocenters. The van der Waals surface area contributed by atoms with Gasteiger partial charge in [0.15, 0.2) is 0 Å². The van der Waals surface area contributed by atoms with Crippen molar-refractivity contribution in [3.63, 3.8) is 0 Å². The van der Waals surface area contributed by atoms with E-state index in [1.165, 1.54) is 0 Å². The van der Waals surface area contributed by atoms with E-state index in [0.717, 1.165) is 43.2 Å². The summed E-state index contributed by atoms with van der Waals surface area (Å²) in [6.07, 6.45) is 4.61. The third-order valence-corrected chi connectivity index (χ3v) is 4.49. The van der Waals surface area contributed by atoms with Crippen LogP contribution in [0, 0.1) is 0 Å². The number of imidazole rings is 1. The van der Waals surface area contributed by atoms with E-state index in [-0.39, 0.29) is 5.91 Å². The summed E-state index contributed by atoms with van der Waals surface area (Å²) in [7, 11) is 1.96. The Hall–Kier alpha value is -2.34. The van der Waals surface area contributed by atoms with Crippen LogP contribution in [0.3, 0.4) is 0 Å². The van der Waals surface area contributed by atoms with E-state index in [0.29, 0.717) is 19.7 Å². The predicted molar refractivity (Wildman–Crippen MR) is 96.1 cm³/mol. The summed E-state index contributed by atoms with van der Waals surface area (Å²) in [5.41, 5.74) is 1.14. The number of rotatable bonds is 6. The first kappa shape index (κ1) is 17.5. The van der Waals surface area contributed by atoms with Gasteiger partial charge in [0, 0.05) is 44.6 Å². The van der Waals surface area contributed by atoms with Gasteiger partial charge in [-0.3, -0.25) is 9.69 Å². The monoisotopic (exact) mass is 342 g/mol. The molecule has 1 aliphatic rings. The number of amides is 1. The van der Waals surface area contributed by atoms with Crippen molar-refractivity contribution in [1.29, 1.82) is 0 Å². The molecule has 25 heavy (non-hydrogen) atoms. The van der Waals surface area contributed by atoms with Crippen molar-refractivity contribution in [2.45, 2.75) is 26.4 Å². The molecule has 0 unspecified atom stereocenters. The molecule has 0 saturated heterocycles. The predicted octanol–water partition coefficient (Wildman–Crippen LogP) is 2.05. The van der Waals surface area contributed by atoms with Crippen molar-refractivity contribution in [3.05, 3.63) is 48.0 Å². The summed E-state index contributed by atoms with van der Waals surface area (Å²) >= 11 is 0. The van der Waals surface area contributed by atoms with E-state index in [2.05, 4.69) is 22.9 Å². The quantitative estimate of drug-likeness (QED) is 0.806. The van der Waals surface area contributed by atoms with Gasteiger partial charge in [-0.2, -0.15) is 0 Å². The van der Waals surface area contributed by atoms with Crippen LogP contribution in [0.4, 0.5) is 0 Å². The van der Waals surface area contributed by atoms with Gasteiger partial charge < -0.3 is 14.2 Å². The number of benzene rings is 1. The van der Waals surface area contributed by atoms with Gasteiger partial charge in [-0.25, -0.2) is 4.98 Å². The minimum atomic E-state index is 0.143. The molecule has 0 saturated carbocycles. The highest BCUT2D eigenvalue weighted by Crippen LogP contribution is 2.22. The van der Waals surface area contributed by atoms with Crippen molar-refractivity contribution >= 4 is 5.91 Å². The van der Waals surface area contributed by atoms with Crippen LogP contribution in [0.2, 0.25) is 0 Å². The fourth-order valence-corrected chi connectivity index (χ4v) is 3.09. The maximum Gasteiger partial charge on any atom is 0.237 e. The van der Waals surface area contributed by atoms with E-state index in [4.69, 9.17) is 4.74 Å². The van der Waals surface area contributed by atoms with Crippen LogP contribution >= 0.6 is 0 Å². The normalized spacial score (nSPS) is 14.5. The molecule has 0 bridgehead atoms. The standard InChI is InChI=1S/C19H26N4O2/c1-3-9-23(14-18-20-8-10-21(18)2)19(24)15-22-11-12-25-17-7-5-4-6-16(17)13-22/h4-8,10H,3,9,11-15H2,1-2H3. The average Bonchev–Trinajstić information content (AvgIpc) is 2.89. The summed E-state index contributed by atoms with van der Waals surface area (Å²) in [5.74, 6) is 1.98. The van der Waals surface area contributed by atoms with Gasteiger partial charge in [0.2, 0.25) is 5.91 Å². The van der Waals surface area contributed by atoms with Crippen LogP contribution in [-0.4, -0.2) is 51.5 Å². The third kappa shape index (κ3) is 4.39. The molecule has 0 spiro atoms. The number of hydrogen-bond acceptors (Lipinski definition) is 4. The Bertz CT molecular complexity index is 713. The summed E-state index contributed by atoms with van der Waals surface area (Å²) < 4.78 is 7.75. The van der Waals surface area contributed by atoms with Crippen molar-refractivity contribution in [2.75, 3.05) is 26.2 Å². The van der Waals surface area contributed by atoms with Gasteiger partial charge in [-0.1, -0.05) is 25.1 Å². The molecule has 2 heterocycles. The number of para-hydroxylation sites is 1. The molecule has 1 amide bonds. The first-order valence-electron chi connectivity index (χ1n) is 8.84. The van der Waals surface area contributed by atoms with Gasteiger partial charge in [0.1, 0.15) is 18.2 Å². The molecule has 6 nitrogen and oxygen atoms in total. The van der Waals surface area contributed by atoms with E-state index in [1.54, 1.807) is 6.20 Å². The summed E-state index contributed by atoms with van der Waals surface area (Å²) in [5, 5.41) is 0. The summed E-state index contributed by atoms with van der Waals surface area (Å²) in [6, 6.07) is 8.05. The molecule has 1 aromatic heterocycles. The number of nitrogens with zero attached hydrogens (tertiary/aromatic N) is 4. The molecule has 0 radical (unpaired) electrons.